The van der Waals surface area contributed by atoms with E-state index in [9.17, 15) is 9.59 Å². The molecule has 82 valence electrons. The van der Waals surface area contributed by atoms with Crippen molar-refractivity contribution in [2.24, 2.45) is 5.41 Å². The number of hydrogen-bond acceptors (Lipinski definition) is 2. The summed E-state index contributed by atoms with van der Waals surface area (Å²) in [6.07, 6.45) is 7.41. The van der Waals surface area contributed by atoms with E-state index in [2.05, 4.69) is 0 Å². The first-order chi connectivity index (χ1) is 7.12. The van der Waals surface area contributed by atoms with Crippen LogP contribution in [0.4, 0.5) is 0 Å². The summed E-state index contributed by atoms with van der Waals surface area (Å²) in [5, 5.41) is 8.72. The summed E-state index contributed by atoms with van der Waals surface area (Å²) in [5.41, 5.74) is 1.15. The standard InChI is InChI=1S/C12H16O3/c13-10-7-9-3-1-2-5-12(9,8-10)6-4-11(14)15/h7H,1-6,8H2,(H,14,15). The second-order valence-corrected chi connectivity index (χ2v) is 4.69. The van der Waals surface area contributed by atoms with Gasteiger partial charge in [0.15, 0.2) is 5.78 Å². The number of carbonyl (C=O) groups excluding carboxylic acids is 1. The number of rotatable bonds is 3. The molecule has 1 atom stereocenters. The van der Waals surface area contributed by atoms with E-state index in [0.29, 0.717) is 12.8 Å². The number of allylic oxidation sites excluding steroid dienone is 2. The van der Waals surface area contributed by atoms with Crippen LogP contribution in [-0.4, -0.2) is 16.9 Å². The van der Waals surface area contributed by atoms with Gasteiger partial charge >= 0.3 is 5.97 Å². The number of carbonyl (C=O) groups is 2. The van der Waals surface area contributed by atoms with Crippen molar-refractivity contribution in [2.75, 3.05) is 0 Å². The van der Waals surface area contributed by atoms with Gasteiger partial charge in [0.2, 0.25) is 0 Å². The van der Waals surface area contributed by atoms with E-state index >= 15 is 0 Å². The lowest BCUT2D eigenvalue weighted by molar-refractivity contribution is -0.137. The molecule has 0 aromatic heterocycles. The van der Waals surface area contributed by atoms with Crippen molar-refractivity contribution in [1.29, 1.82) is 0 Å². The van der Waals surface area contributed by atoms with Crippen LogP contribution in [0.3, 0.4) is 0 Å². The molecule has 0 amide bonds. The third-order valence-corrected chi connectivity index (χ3v) is 3.70. The van der Waals surface area contributed by atoms with Gasteiger partial charge in [-0.05, 0) is 37.2 Å². The fourth-order valence-electron chi connectivity index (χ4n) is 2.93. The Morgan fingerprint density at radius 3 is 3.00 bits per heavy atom. The lowest BCUT2D eigenvalue weighted by atomic mass is 9.68. The molecule has 0 bridgehead atoms. The highest BCUT2D eigenvalue weighted by Gasteiger charge is 2.41. The summed E-state index contributed by atoms with van der Waals surface area (Å²) in [4.78, 5) is 22.0. The molecular formula is C12H16O3. The Hall–Kier alpha value is -1.12. The maximum atomic E-state index is 11.4. The third kappa shape index (κ3) is 1.96. The van der Waals surface area contributed by atoms with Gasteiger partial charge in [0, 0.05) is 12.8 Å². The molecule has 2 rings (SSSR count). The van der Waals surface area contributed by atoms with Crippen LogP contribution in [-0.2, 0) is 9.59 Å². The van der Waals surface area contributed by atoms with Crippen LogP contribution in [0.25, 0.3) is 0 Å². The van der Waals surface area contributed by atoms with Crippen LogP contribution in [0.2, 0.25) is 0 Å². The van der Waals surface area contributed by atoms with Crippen LogP contribution in [0.15, 0.2) is 11.6 Å². The average Bonchev–Trinajstić information content (AvgIpc) is 2.51. The van der Waals surface area contributed by atoms with Crippen LogP contribution in [0, 0.1) is 5.41 Å². The van der Waals surface area contributed by atoms with Crippen molar-refractivity contribution < 1.29 is 14.7 Å². The minimum Gasteiger partial charge on any atom is -0.481 e. The third-order valence-electron chi connectivity index (χ3n) is 3.70. The highest BCUT2D eigenvalue weighted by atomic mass is 16.4. The highest BCUT2D eigenvalue weighted by molar-refractivity contribution is 5.94. The van der Waals surface area contributed by atoms with Crippen molar-refractivity contribution in [3.63, 3.8) is 0 Å². The van der Waals surface area contributed by atoms with E-state index < -0.39 is 5.97 Å². The lowest BCUT2D eigenvalue weighted by Crippen LogP contribution is -2.25. The van der Waals surface area contributed by atoms with E-state index in [1.165, 1.54) is 5.57 Å². The van der Waals surface area contributed by atoms with E-state index in [0.717, 1.165) is 25.7 Å². The monoisotopic (exact) mass is 208 g/mol. The van der Waals surface area contributed by atoms with Gasteiger partial charge in [0.1, 0.15) is 0 Å². The van der Waals surface area contributed by atoms with Gasteiger partial charge in [0.05, 0.1) is 0 Å². The molecule has 0 aliphatic heterocycles. The first-order valence-corrected chi connectivity index (χ1v) is 5.58. The molecule has 0 spiro atoms. The van der Waals surface area contributed by atoms with Crippen LogP contribution >= 0.6 is 0 Å². The first-order valence-electron chi connectivity index (χ1n) is 5.58. The largest absolute Gasteiger partial charge is 0.481 e. The van der Waals surface area contributed by atoms with Gasteiger partial charge in [-0.3, -0.25) is 9.59 Å². The Morgan fingerprint density at radius 2 is 2.27 bits per heavy atom. The summed E-state index contributed by atoms with van der Waals surface area (Å²) in [7, 11) is 0. The second-order valence-electron chi connectivity index (χ2n) is 4.69. The summed E-state index contributed by atoms with van der Waals surface area (Å²) >= 11 is 0. The van der Waals surface area contributed by atoms with Crippen molar-refractivity contribution in [3.05, 3.63) is 11.6 Å². The molecular weight excluding hydrogens is 192 g/mol. The zero-order valence-electron chi connectivity index (χ0n) is 8.79. The molecule has 0 saturated heterocycles. The maximum absolute atomic E-state index is 11.4. The maximum Gasteiger partial charge on any atom is 0.303 e. The smallest absolute Gasteiger partial charge is 0.303 e. The molecule has 1 saturated carbocycles. The fraction of sp³-hybridized carbons (Fsp3) is 0.667. The van der Waals surface area contributed by atoms with E-state index in [4.69, 9.17) is 5.11 Å². The van der Waals surface area contributed by atoms with Crippen molar-refractivity contribution in [3.8, 4) is 0 Å². The van der Waals surface area contributed by atoms with Crippen molar-refractivity contribution in [2.45, 2.75) is 44.9 Å². The topological polar surface area (TPSA) is 54.4 Å². The number of fused-ring (bicyclic) bond motifs is 1. The molecule has 3 heteroatoms. The summed E-state index contributed by atoms with van der Waals surface area (Å²) in [5.74, 6) is -0.564. The molecule has 2 aliphatic rings. The summed E-state index contributed by atoms with van der Waals surface area (Å²) in [6, 6.07) is 0. The molecule has 15 heavy (non-hydrogen) atoms. The Labute approximate surface area is 89.2 Å². The van der Waals surface area contributed by atoms with E-state index in [1.54, 1.807) is 6.08 Å². The van der Waals surface area contributed by atoms with Gasteiger partial charge in [0.25, 0.3) is 0 Å². The number of aliphatic carboxylic acids is 1. The second kappa shape index (κ2) is 3.80. The summed E-state index contributed by atoms with van der Waals surface area (Å²) in [6.45, 7) is 0. The van der Waals surface area contributed by atoms with Crippen LogP contribution < -0.4 is 0 Å². The quantitative estimate of drug-likeness (QED) is 0.774. The van der Waals surface area contributed by atoms with Crippen LogP contribution in [0.5, 0.6) is 0 Å². The average molecular weight is 208 g/mol. The van der Waals surface area contributed by atoms with Gasteiger partial charge in [-0.2, -0.15) is 0 Å². The predicted octanol–water partition coefficient (Wildman–Crippen LogP) is 2.31. The lowest BCUT2D eigenvalue weighted by Gasteiger charge is -2.35. The Balaban J connectivity index is 2.13. The predicted molar refractivity (Wildman–Crippen MR) is 55.5 cm³/mol. The first kappa shape index (κ1) is 10.4. The van der Waals surface area contributed by atoms with Gasteiger partial charge < -0.3 is 5.11 Å². The zero-order chi connectivity index (χ0) is 10.9. The van der Waals surface area contributed by atoms with Gasteiger partial charge in [-0.15, -0.1) is 0 Å². The minimum atomic E-state index is -0.756. The zero-order valence-corrected chi connectivity index (χ0v) is 8.79. The Kier molecular flexibility index (Phi) is 2.63. The molecule has 1 unspecified atom stereocenters. The van der Waals surface area contributed by atoms with Gasteiger partial charge in [-0.25, -0.2) is 0 Å². The normalized spacial score (nSPS) is 29.9. The van der Waals surface area contributed by atoms with Crippen molar-refractivity contribution >= 4 is 11.8 Å². The molecule has 0 radical (unpaired) electrons. The SMILES string of the molecule is O=C(O)CCC12CCCCC1=CC(=O)C2. The van der Waals surface area contributed by atoms with Crippen molar-refractivity contribution in [1.82, 2.24) is 0 Å². The fourth-order valence-corrected chi connectivity index (χ4v) is 2.93. The highest BCUT2D eigenvalue weighted by Crippen LogP contribution is 2.50. The number of hydrogen-bond donors (Lipinski definition) is 1. The number of ketones is 1. The Morgan fingerprint density at radius 1 is 1.47 bits per heavy atom. The molecule has 1 N–H and O–H groups in total. The molecule has 2 aliphatic carbocycles. The molecule has 0 aromatic carbocycles. The van der Waals surface area contributed by atoms with E-state index in [-0.39, 0.29) is 17.6 Å². The summed E-state index contributed by atoms with van der Waals surface area (Å²) < 4.78 is 0. The minimum absolute atomic E-state index is 0.0757. The number of carboxylic acids is 1. The molecule has 3 nitrogen and oxygen atoms in total. The molecule has 0 aromatic rings. The van der Waals surface area contributed by atoms with Crippen LogP contribution in [0.1, 0.15) is 44.9 Å². The number of carboxylic acid groups (broad SMARTS) is 1. The van der Waals surface area contributed by atoms with Gasteiger partial charge in [-0.1, -0.05) is 12.0 Å². The molecule has 1 fully saturated rings. The van der Waals surface area contributed by atoms with E-state index in [1.807, 2.05) is 0 Å². The Bertz CT molecular complexity index is 330. The molecule has 0 heterocycles.